The molecule has 0 fully saturated rings. The van der Waals surface area contributed by atoms with Crippen LogP contribution in [0.4, 0.5) is 0 Å². The summed E-state index contributed by atoms with van der Waals surface area (Å²) in [5.74, 6) is 0. The van der Waals surface area contributed by atoms with Gasteiger partial charge in [-0.2, -0.15) is 0 Å². The van der Waals surface area contributed by atoms with Crippen LogP contribution in [0.2, 0.25) is 0 Å². The van der Waals surface area contributed by atoms with Gasteiger partial charge in [0.05, 0.1) is 0 Å². The summed E-state index contributed by atoms with van der Waals surface area (Å²) in [6.07, 6.45) is 0. The fourth-order valence-electron chi connectivity index (χ4n) is 0.385. The minimum absolute atomic E-state index is 0.132. The molecule has 0 aliphatic rings. The number of alkyl halides is 3. The number of halogens is 3. The zero-order chi connectivity index (χ0) is 8.74. The average Bonchev–Trinajstić information content (AvgIpc) is 1.88. The molecule has 1 aromatic rings. The number of rotatable bonds is 0. The first-order valence-corrected chi connectivity index (χ1v) is 8.05. The summed E-state index contributed by atoms with van der Waals surface area (Å²) in [6, 6.07) is 12.0. The fraction of sp³-hybridized carbons (Fsp3) is 0.143. The van der Waals surface area contributed by atoms with Crippen molar-refractivity contribution in [2.75, 3.05) is 0 Å². The van der Waals surface area contributed by atoms with E-state index in [1.54, 1.807) is 0 Å². The predicted molar refractivity (Wildman–Crippen MR) is 56.0 cm³/mol. The largest absolute Gasteiger partial charge is 0.0623 e. The zero-order valence-electron chi connectivity index (χ0n) is 5.81. The first kappa shape index (κ1) is 12.6. The summed E-state index contributed by atoms with van der Waals surface area (Å²) in [5.41, 5.74) is 0. The normalized spacial score (nSPS) is 9.91. The molecule has 57 valence electrons. The molecule has 0 aliphatic heterocycles. The molecule has 0 unspecified atom stereocenters. The molecule has 0 aromatic heterocycles. The number of hydrogen-bond acceptors (Lipinski definition) is 0. The van der Waals surface area contributed by atoms with Crippen LogP contribution in [0.25, 0.3) is 0 Å². The Kier molecular flexibility index (Phi) is 8.06. The van der Waals surface area contributed by atoms with E-state index in [9.17, 15) is 0 Å². The topological polar surface area (TPSA) is 0 Å². The molecule has 0 saturated carbocycles. The van der Waals surface area contributed by atoms with Crippen LogP contribution in [-0.4, -0.2) is -0.348 Å². The van der Waals surface area contributed by atoms with Gasteiger partial charge in [-0.3, -0.25) is 0 Å². The van der Waals surface area contributed by atoms with Crippen molar-refractivity contribution in [3.8, 4) is 0 Å². The van der Waals surface area contributed by atoms with Gasteiger partial charge in [-0.1, -0.05) is 36.4 Å². The van der Waals surface area contributed by atoms with E-state index in [0.717, 1.165) is 0 Å². The van der Waals surface area contributed by atoms with Gasteiger partial charge < -0.3 is 0 Å². The molecule has 0 radical (unpaired) electrons. The third-order valence-electron chi connectivity index (χ3n) is 0.667. The van der Waals surface area contributed by atoms with E-state index in [-0.39, 0.29) is -0.348 Å². The Labute approximate surface area is 108 Å². The van der Waals surface area contributed by atoms with E-state index in [2.05, 4.69) is 47.8 Å². The third kappa shape index (κ3) is 18.5. The van der Waals surface area contributed by atoms with E-state index >= 15 is 0 Å². The van der Waals surface area contributed by atoms with Crippen LogP contribution in [0.5, 0.6) is 0 Å². The second kappa shape index (κ2) is 7.04. The standard InChI is InChI=1S/C6H6.CBr3.Hg/c1-2-4-6-5-3-1;2-1(3)4;/h1-6H;;. The molecule has 0 amide bonds. The molecule has 0 nitrogen and oxygen atoms in total. The third-order valence-corrected chi connectivity index (χ3v) is 0.667. The Morgan fingerprint density at radius 2 is 0.818 bits per heavy atom. The molecule has 0 heterocycles. The summed E-state index contributed by atoms with van der Waals surface area (Å²) in [6.45, 7) is 0. The first-order chi connectivity index (χ1) is 5.00. The number of hydrogen-bond donors (Lipinski definition) is 0. The van der Waals surface area contributed by atoms with Gasteiger partial charge in [0.2, 0.25) is 0 Å². The summed E-state index contributed by atoms with van der Waals surface area (Å²) >= 11 is 10.6. The van der Waals surface area contributed by atoms with Crippen molar-refractivity contribution in [2.45, 2.75) is -0.348 Å². The maximum Gasteiger partial charge on any atom is -0.0623 e. The summed E-state index contributed by atoms with van der Waals surface area (Å²) < 4.78 is 0.132. The Balaban J connectivity index is 0.000000187. The van der Waals surface area contributed by atoms with Gasteiger partial charge in [0, 0.05) is 0 Å². The zero-order valence-corrected chi connectivity index (χ0v) is 16.1. The van der Waals surface area contributed by atoms with Crippen molar-refractivity contribution >= 4 is 47.8 Å². The van der Waals surface area contributed by atoms with Gasteiger partial charge in [0.15, 0.2) is 0 Å². The minimum Gasteiger partial charge on any atom is -0.0623 e. The van der Waals surface area contributed by atoms with E-state index < -0.39 is 0 Å². The average molecular weight is 530 g/mol. The molecule has 0 bridgehead atoms. The summed E-state index contributed by atoms with van der Waals surface area (Å²) in [5, 5.41) is 0. The van der Waals surface area contributed by atoms with Crippen LogP contribution < -0.4 is 0 Å². The summed E-state index contributed by atoms with van der Waals surface area (Å²) in [4.78, 5) is 0. The Bertz CT molecular complexity index is 138. The van der Waals surface area contributed by atoms with Crippen LogP contribution in [0, 0.1) is 0 Å². The van der Waals surface area contributed by atoms with Crippen LogP contribution in [0.15, 0.2) is 36.4 Å². The second-order valence-electron chi connectivity index (χ2n) is 1.77. The SMILES string of the molecule is Br[C](Br)(Br)[Hg].c1ccccc1. The first-order valence-electron chi connectivity index (χ1n) is 2.92. The number of benzene rings is 1. The molecule has 0 spiro atoms. The Hall–Kier alpha value is 1.60. The van der Waals surface area contributed by atoms with Crippen molar-refractivity contribution in [2.24, 2.45) is 0 Å². The van der Waals surface area contributed by atoms with Gasteiger partial charge in [-0.05, 0) is 0 Å². The smallest absolute Gasteiger partial charge is 0.0623 e. The molecule has 0 N–H and O–H groups in total. The maximum absolute atomic E-state index is 3.29. The van der Waals surface area contributed by atoms with Crippen molar-refractivity contribution in [3.05, 3.63) is 36.4 Å². The fourth-order valence-corrected chi connectivity index (χ4v) is 0.385. The van der Waals surface area contributed by atoms with Crippen LogP contribution in [0.1, 0.15) is 0 Å². The monoisotopic (exact) mass is 529 g/mol. The Morgan fingerprint density at radius 1 is 0.727 bits per heavy atom. The van der Waals surface area contributed by atoms with Crippen molar-refractivity contribution < 1.29 is 26.1 Å². The molecule has 0 aliphatic carbocycles. The van der Waals surface area contributed by atoms with E-state index in [4.69, 9.17) is 0 Å². The van der Waals surface area contributed by atoms with Crippen molar-refractivity contribution in [3.63, 3.8) is 0 Å². The predicted octanol–water partition coefficient (Wildman–Crippen LogP) is 4.02. The molecule has 1 rings (SSSR count). The van der Waals surface area contributed by atoms with Gasteiger partial charge >= 0.3 is 73.6 Å². The molecule has 4 heteroatoms. The quantitative estimate of drug-likeness (QED) is 0.352. The molecule has 1 aromatic carbocycles. The molecular weight excluding hydrogens is 524 g/mol. The summed E-state index contributed by atoms with van der Waals surface area (Å²) in [7, 11) is 0. The van der Waals surface area contributed by atoms with Crippen LogP contribution in [0.3, 0.4) is 0 Å². The molecule has 11 heavy (non-hydrogen) atoms. The minimum atomic E-state index is 0.132. The van der Waals surface area contributed by atoms with Gasteiger partial charge in [0.1, 0.15) is 0 Å². The van der Waals surface area contributed by atoms with E-state index in [1.165, 1.54) is 0 Å². The molecule has 0 atom stereocenters. The second-order valence-corrected chi connectivity index (χ2v) is 25.2. The van der Waals surface area contributed by atoms with Gasteiger partial charge in [-0.25, -0.2) is 0 Å². The molecule has 0 saturated heterocycles. The maximum atomic E-state index is 3.29. The Morgan fingerprint density at radius 3 is 0.909 bits per heavy atom. The van der Waals surface area contributed by atoms with Crippen molar-refractivity contribution in [1.29, 1.82) is 0 Å². The van der Waals surface area contributed by atoms with Gasteiger partial charge in [0.25, 0.3) is 0 Å². The van der Waals surface area contributed by atoms with E-state index in [0.29, 0.717) is 26.1 Å². The van der Waals surface area contributed by atoms with Crippen LogP contribution in [-0.2, 0) is 26.1 Å². The molecular formula is C7H6Br3Hg. The van der Waals surface area contributed by atoms with Gasteiger partial charge in [-0.15, -0.1) is 0 Å². The van der Waals surface area contributed by atoms with Crippen molar-refractivity contribution in [1.82, 2.24) is 0 Å². The van der Waals surface area contributed by atoms with E-state index in [1.807, 2.05) is 36.4 Å². The van der Waals surface area contributed by atoms with Crippen LogP contribution >= 0.6 is 47.8 Å².